The van der Waals surface area contributed by atoms with Gasteiger partial charge >= 0.3 is 0 Å². The summed E-state index contributed by atoms with van der Waals surface area (Å²) in [5, 5.41) is 3.89. The molecule has 0 bridgehead atoms. The normalized spacial score (nSPS) is 15.0. The Morgan fingerprint density at radius 1 is 1.22 bits per heavy atom. The lowest BCUT2D eigenvalue weighted by Gasteiger charge is -2.31. The summed E-state index contributed by atoms with van der Waals surface area (Å²) in [6, 6.07) is 6.44. The molecule has 0 spiro atoms. The molecule has 0 atom stereocenters. The van der Waals surface area contributed by atoms with E-state index in [2.05, 4.69) is 42.3 Å². The van der Waals surface area contributed by atoms with E-state index < -0.39 is 0 Å². The van der Waals surface area contributed by atoms with Crippen molar-refractivity contribution in [3.8, 4) is 5.69 Å². The number of aryl methyl sites for hydroxylation is 2. The first-order chi connectivity index (χ1) is 12.9. The lowest BCUT2D eigenvalue weighted by atomic mass is 10.1. The molecule has 0 radical (unpaired) electrons. The zero-order valence-corrected chi connectivity index (χ0v) is 16.9. The molecule has 3 rings (SSSR count). The van der Waals surface area contributed by atoms with E-state index in [0.717, 1.165) is 23.7 Å². The van der Waals surface area contributed by atoms with E-state index in [9.17, 15) is 9.59 Å². The fourth-order valence-corrected chi connectivity index (χ4v) is 3.99. The van der Waals surface area contributed by atoms with Crippen molar-refractivity contribution in [1.29, 1.82) is 0 Å². The second-order valence-electron chi connectivity index (χ2n) is 6.98. The summed E-state index contributed by atoms with van der Waals surface area (Å²) in [4.78, 5) is 29.9. The SMILES string of the molecule is CC(=O)N1CCC(NC(=O)CSc2nccn2-c2ccc(C)c(C)c2)CC1. The van der Waals surface area contributed by atoms with Gasteiger partial charge in [0.25, 0.3) is 0 Å². The van der Waals surface area contributed by atoms with Gasteiger partial charge < -0.3 is 10.2 Å². The van der Waals surface area contributed by atoms with Crippen molar-refractivity contribution in [3.05, 3.63) is 41.7 Å². The standard InChI is InChI=1S/C20H26N4O2S/c1-14-4-5-18(12-15(14)2)24-11-8-21-20(24)27-13-19(26)22-17-6-9-23(10-7-17)16(3)25/h4-5,8,11-12,17H,6-7,9-10,13H2,1-3H3,(H,22,26). The fraction of sp³-hybridized carbons (Fsp3) is 0.450. The highest BCUT2D eigenvalue weighted by Crippen LogP contribution is 2.22. The van der Waals surface area contributed by atoms with Crippen molar-refractivity contribution >= 4 is 23.6 Å². The number of benzene rings is 1. The fourth-order valence-electron chi connectivity index (χ4n) is 3.21. The third-order valence-corrected chi connectivity index (χ3v) is 5.98. The highest BCUT2D eigenvalue weighted by atomic mass is 32.2. The summed E-state index contributed by atoms with van der Waals surface area (Å²) in [5.41, 5.74) is 3.53. The summed E-state index contributed by atoms with van der Waals surface area (Å²) < 4.78 is 2.01. The minimum Gasteiger partial charge on any atom is -0.353 e. The molecule has 7 heteroatoms. The number of rotatable bonds is 5. The molecule has 0 aliphatic carbocycles. The van der Waals surface area contributed by atoms with Gasteiger partial charge in [-0.1, -0.05) is 17.8 Å². The first kappa shape index (κ1) is 19.5. The van der Waals surface area contributed by atoms with Crippen LogP contribution in [0.5, 0.6) is 0 Å². The molecule has 27 heavy (non-hydrogen) atoms. The average molecular weight is 387 g/mol. The van der Waals surface area contributed by atoms with Crippen molar-refractivity contribution in [3.63, 3.8) is 0 Å². The molecule has 1 aromatic carbocycles. The van der Waals surface area contributed by atoms with Crippen molar-refractivity contribution in [1.82, 2.24) is 19.8 Å². The topological polar surface area (TPSA) is 67.2 Å². The van der Waals surface area contributed by atoms with Gasteiger partial charge in [0.05, 0.1) is 5.75 Å². The number of carbonyl (C=O) groups excluding carboxylic acids is 2. The van der Waals surface area contributed by atoms with Crippen LogP contribution in [0, 0.1) is 13.8 Å². The molecular weight excluding hydrogens is 360 g/mol. The van der Waals surface area contributed by atoms with Crippen LogP contribution in [0.4, 0.5) is 0 Å². The quantitative estimate of drug-likeness (QED) is 0.803. The molecule has 2 heterocycles. The molecule has 1 fully saturated rings. The van der Waals surface area contributed by atoms with E-state index >= 15 is 0 Å². The zero-order valence-electron chi connectivity index (χ0n) is 16.1. The second kappa shape index (κ2) is 8.61. The molecule has 0 saturated carbocycles. The van der Waals surface area contributed by atoms with Crippen LogP contribution in [-0.2, 0) is 9.59 Å². The molecule has 2 amide bonds. The Labute approximate surface area is 164 Å². The Balaban J connectivity index is 1.54. The summed E-state index contributed by atoms with van der Waals surface area (Å²) in [5.74, 6) is 0.443. The van der Waals surface area contributed by atoms with Gasteiger partial charge in [-0.3, -0.25) is 14.2 Å². The number of aromatic nitrogens is 2. The number of amides is 2. The number of nitrogens with zero attached hydrogens (tertiary/aromatic N) is 3. The first-order valence-electron chi connectivity index (χ1n) is 9.22. The first-order valence-corrected chi connectivity index (χ1v) is 10.2. The van der Waals surface area contributed by atoms with Crippen LogP contribution in [0.15, 0.2) is 35.7 Å². The molecule has 1 aromatic heterocycles. The lowest BCUT2D eigenvalue weighted by Crippen LogP contribution is -2.46. The van der Waals surface area contributed by atoms with Crippen LogP contribution < -0.4 is 5.32 Å². The van der Waals surface area contributed by atoms with Crippen LogP contribution >= 0.6 is 11.8 Å². The molecule has 6 nitrogen and oxygen atoms in total. The van der Waals surface area contributed by atoms with E-state index in [1.165, 1.54) is 22.9 Å². The Kier molecular flexibility index (Phi) is 6.21. The number of piperidine rings is 1. The highest BCUT2D eigenvalue weighted by Gasteiger charge is 2.22. The number of imidazole rings is 1. The van der Waals surface area contributed by atoms with E-state index in [1.54, 1.807) is 13.1 Å². The summed E-state index contributed by atoms with van der Waals surface area (Å²) in [7, 11) is 0. The largest absolute Gasteiger partial charge is 0.353 e. The third-order valence-electron chi connectivity index (χ3n) is 5.01. The van der Waals surface area contributed by atoms with Crippen LogP contribution in [0.2, 0.25) is 0 Å². The van der Waals surface area contributed by atoms with E-state index in [4.69, 9.17) is 0 Å². The van der Waals surface area contributed by atoms with Gasteiger partial charge in [-0.15, -0.1) is 0 Å². The van der Waals surface area contributed by atoms with E-state index in [-0.39, 0.29) is 17.9 Å². The number of nitrogens with one attached hydrogen (secondary N) is 1. The Bertz CT molecular complexity index is 825. The average Bonchev–Trinajstić information content (AvgIpc) is 3.11. The van der Waals surface area contributed by atoms with Gasteiger partial charge in [-0.2, -0.15) is 0 Å². The maximum atomic E-state index is 12.3. The molecule has 144 valence electrons. The molecule has 1 aliphatic rings. The van der Waals surface area contributed by atoms with Gasteiger partial charge in [0, 0.05) is 44.1 Å². The predicted molar refractivity (Wildman–Crippen MR) is 107 cm³/mol. The number of likely N-dealkylation sites (tertiary alicyclic amines) is 1. The maximum Gasteiger partial charge on any atom is 0.230 e. The minimum absolute atomic E-state index is 0.0101. The molecular formula is C20H26N4O2S. The maximum absolute atomic E-state index is 12.3. The molecule has 2 aromatic rings. The van der Waals surface area contributed by atoms with E-state index in [1.807, 2.05) is 15.7 Å². The van der Waals surface area contributed by atoms with Gasteiger partial charge in [0.2, 0.25) is 11.8 Å². The van der Waals surface area contributed by atoms with E-state index in [0.29, 0.717) is 18.8 Å². The van der Waals surface area contributed by atoms with Crippen molar-refractivity contribution in [2.45, 2.75) is 44.8 Å². The molecule has 1 aliphatic heterocycles. The number of hydrogen-bond acceptors (Lipinski definition) is 4. The molecule has 1 N–H and O–H groups in total. The van der Waals surface area contributed by atoms with Gasteiger partial charge in [-0.05, 0) is 49.9 Å². The highest BCUT2D eigenvalue weighted by molar-refractivity contribution is 7.99. The van der Waals surface area contributed by atoms with Gasteiger partial charge in [0.15, 0.2) is 5.16 Å². The second-order valence-corrected chi connectivity index (χ2v) is 7.93. The number of carbonyl (C=O) groups is 2. The monoisotopic (exact) mass is 386 g/mol. The Hall–Kier alpha value is -2.28. The Morgan fingerprint density at radius 2 is 1.96 bits per heavy atom. The molecule has 0 unspecified atom stereocenters. The number of hydrogen-bond donors (Lipinski definition) is 1. The van der Waals surface area contributed by atoms with Crippen LogP contribution in [0.3, 0.4) is 0 Å². The van der Waals surface area contributed by atoms with Crippen molar-refractivity contribution in [2.75, 3.05) is 18.8 Å². The van der Waals surface area contributed by atoms with Crippen LogP contribution in [0.25, 0.3) is 5.69 Å². The summed E-state index contributed by atoms with van der Waals surface area (Å²) in [6.07, 6.45) is 5.30. The van der Waals surface area contributed by atoms with Crippen molar-refractivity contribution in [2.24, 2.45) is 0 Å². The smallest absolute Gasteiger partial charge is 0.230 e. The van der Waals surface area contributed by atoms with Crippen LogP contribution in [0.1, 0.15) is 30.9 Å². The minimum atomic E-state index is 0.0101. The molecule has 1 saturated heterocycles. The van der Waals surface area contributed by atoms with Gasteiger partial charge in [0.1, 0.15) is 0 Å². The van der Waals surface area contributed by atoms with Crippen LogP contribution in [-0.4, -0.2) is 51.1 Å². The number of thioether (sulfide) groups is 1. The van der Waals surface area contributed by atoms with Gasteiger partial charge in [-0.25, -0.2) is 4.98 Å². The summed E-state index contributed by atoms with van der Waals surface area (Å²) >= 11 is 1.44. The Morgan fingerprint density at radius 3 is 2.63 bits per heavy atom. The van der Waals surface area contributed by atoms with Crippen molar-refractivity contribution < 1.29 is 9.59 Å². The zero-order chi connectivity index (χ0) is 19.4. The predicted octanol–water partition coefficient (Wildman–Crippen LogP) is 2.71. The summed E-state index contributed by atoms with van der Waals surface area (Å²) in [6.45, 7) is 7.20. The lowest BCUT2D eigenvalue weighted by molar-refractivity contribution is -0.130. The third kappa shape index (κ3) is 4.91.